The van der Waals surface area contributed by atoms with Crippen molar-refractivity contribution in [2.75, 3.05) is 11.4 Å². The van der Waals surface area contributed by atoms with Crippen LogP contribution in [0.1, 0.15) is 32.3 Å². The molecule has 1 aliphatic heterocycles. The Morgan fingerprint density at radius 3 is 2.82 bits per heavy atom. The van der Waals surface area contributed by atoms with Crippen LogP contribution in [0.15, 0.2) is 22.7 Å². The van der Waals surface area contributed by atoms with Crippen molar-refractivity contribution in [3.63, 3.8) is 0 Å². The first-order chi connectivity index (χ1) is 8.11. The van der Waals surface area contributed by atoms with Crippen LogP contribution in [0.25, 0.3) is 0 Å². The summed E-state index contributed by atoms with van der Waals surface area (Å²) < 4.78 is 1.08. The molecule has 1 aliphatic rings. The summed E-state index contributed by atoms with van der Waals surface area (Å²) in [7, 11) is 0. The summed E-state index contributed by atoms with van der Waals surface area (Å²) >= 11 is 3.52. The number of piperidine rings is 1. The summed E-state index contributed by atoms with van der Waals surface area (Å²) in [4.78, 5) is 2.43. The Labute approximate surface area is 112 Å². The zero-order valence-corrected chi connectivity index (χ0v) is 12.1. The highest BCUT2D eigenvalue weighted by Crippen LogP contribution is 2.32. The molecule has 2 rings (SSSR count). The third-order valence-corrected chi connectivity index (χ3v) is 4.16. The van der Waals surface area contributed by atoms with Gasteiger partial charge in [0.25, 0.3) is 0 Å². The van der Waals surface area contributed by atoms with Gasteiger partial charge in [0.1, 0.15) is 0 Å². The quantitative estimate of drug-likeness (QED) is 0.902. The Morgan fingerprint density at radius 1 is 1.41 bits per heavy atom. The van der Waals surface area contributed by atoms with E-state index in [-0.39, 0.29) is 6.61 Å². The summed E-state index contributed by atoms with van der Waals surface area (Å²) in [6.07, 6.45) is 2.47. The van der Waals surface area contributed by atoms with Crippen molar-refractivity contribution in [3.8, 4) is 0 Å². The Hall–Kier alpha value is -0.540. The molecule has 3 heteroatoms. The van der Waals surface area contributed by atoms with Gasteiger partial charge in [-0.3, -0.25) is 0 Å². The molecule has 1 aromatic carbocycles. The van der Waals surface area contributed by atoms with Crippen LogP contribution in [0.3, 0.4) is 0 Å². The SMILES string of the molecule is CC1CCN(c2cc(Br)ccc2CO)C(C)C1. The molecule has 1 aromatic rings. The van der Waals surface area contributed by atoms with E-state index in [2.05, 4.69) is 40.7 Å². The maximum atomic E-state index is 9.44. The van der Waals surface area contributed by atoms with E-state index in [4.69, 9.17) is 0 Å². The third-order valence-electron chi connectivity index (χ3n) is 3.67. The van der Waals surface area contributed by atoms with Crippen molar-refractivity contribution in [1.29, 1.82) is 0 Å². The van der Waals surface area contributed by atoms with E-state index >= 15 is 0 Å². The van der Waals surface area contributed by atoms with E-state index in [1.165, 1.54) is 18.5 Å². The number of nitrogens with zero attached hydrogens (tertiary/aromatic N) is 1. The van der Waals surface area contributed by atoms with Gasteiger partial charge >= 0.3 is 0 Å². The summed E-state index contributed by atoms with van der Waals surface area (Å²) in [5.74, 6) is 0.811. The molecule has 0 radical (unpaired) electrons. The Kier molecular flexibility index (Phi) is 4.10. The summed E-state index contributed by atoms with van der Waals surface area (Å²) in [5.41, 5.74) is 2.20. The van der Waals surface area contributed by atoms with Gasteiger partial charge in [0.05, 0.1) is 6.61 Å². The molecule has 0 saturated carbocycles. The van der Waals surface area contributed by atoms with Crippen LogP contribution in [-0.2, 0) is 6.61 Å². The van der Waals surface area contributed by atoms with Gasteiger partial charge in [-0.1, -0.05) is 28.9 Å². The summed E-state index contributed by atoms with van der Waals surface area (Å²) in [5, 5.41) is 9.44. The molecule has 2 nitrogen and oxygen atoms in total. The molecule has 1 fully saturated rings. The van der Waals surface area contributed by atoms with Gasteiger partial charge in [0.2, 0.25) is 0 Å². The van der Waals surface area contributed by atoms with Gasteiger partial charge in [-0.15, -0.1) is 0 Å². The zero-order valence-electron chi connectivity index (χ0n) is 10.5. The first-order valence-electron chi connectivity index (χ1n) is 6.27. The molecule has 0 aromatic heterocycles. The Morgan fingerprint density at radius 2 is 2.18 bits per heavy atom. The van der Waals surface area contributed by atoms with Crippen LogP contribution < -0.4 is 4.90 Å². The topological polar surface area (TPSA) is 23.5 Å². The normalized spacial score (nSPS) is 25.1. The lowest BCUT2D eigenvalue weighted by Gasteiger charge is -2.39. The minimum absolute atomic E-state index is 0.112. The van der Waals surface area contributed by atoms with E-state index in [0.717, 1.165) is 22.5 Å². The van der Waals surface area contributed by atoms with Crippen LogP contribution in [0.5, 0.6) is 0 Å². The van der Waals surface area contributed by atoms with Crippen molar-refractivity contribution in [2.45, 2.75) is 39.3 Å². The molecule has 17 heavy (non-hydrogen) atoms. The van der Waals surface area contributed by atoms with Crippen LogP contribution in [0, 0.1) is 5.92 Å². The average molecular weight is 298 g/mol. The fourth-order valence-electron chi connectivity index (χ4n) is 2.70. The molecule has 0 amide bonds. The van der Waals surface area contributed by atoms with Gasteiger partial charge in [0.15, 0.2) is 0 Å². The number of benzene rings is 1. The monoisotopic (exact) mass is 297 g/mol. The van der Waals surface area contributed by atoms with Crippen molar-refractivity contribution in [1.82, 2.24) is 0 Å². The predicted molar refractivity (Wildman–Crippen MR) is 75.3 cm³/mol. The van der Waals surface area contributed by atoms with Gasteiger partial charge in [-0.25, -0.2) is 0 Å². The Bertz CT molecular complexity index is 394. The van der Waals surface area contributed by atoms with Crippen LogP contribution >= 0.6 is 15.9 Å². The molecule has 1 saturated heterocycles. The second kappa shape index (κ2) is 5.40. The molecule has 1 N–H and O–H groups in total. The molecule has 1 heterocycles. The fraction of sp³-hybridized carbons (Fsp3) is 0.571. The number of hydrogen-bond acceptors (Lipinski definition) is 2. The van der Waals surface area contributed by atoms with Crippen LogP contribution in [0.4, 0.5) is 5.69 Å². The second-order valence-electron chi connectivity index (χ2n) is 5.10. The van der Waals surface area contributed by atoms with Crippen molar-refractivity contribution >= 4 is 21.6 Å². The largest absolute Gasteiger partial charge is 0.392 e. The van der Waals surface area contributed by atoms with E-state index in [1.54, 1.807) is 0 Å². The molecule has 0 spiro atoms. The predicted octanol–water partition coefficient (Wildman–Crippen LogP) is 3.57. The number of anilines is 1. The maximum absolute atomic E-state index is 9.44. The minimum atomic E-state index is 0.112. The first kappa shape index (κ1) is 12.9. The number of rotatable bonds is 2. The standard InChI is InChI=1S/C14H20BrNO/c1-10-5-6-16(11(2)7-10)14-8-13(15)4-3-12(14)9-17/h3-4,8,10-11,17H,5-7,9H2,1-2H3. The number of aliphatic hydroxyl groups is 1. The highest BCUT2D eigenvalue weighted by molar-refractivity contribution is 9.10. The highest BCUT2D eigenvalue weighted by atomic mass is 79.9. The van der Waals surface area contributed by atoms with Crippen LogP contribution in [-0.4, -0.2) is 17.7 Å². The summed E-state index contributed by atoms with van der Waals surface area (Å²) in [6, 6.07) is 6.67. The van der Waals surface area contributed by atoms with E-state index in [1.807, 2.05) is 12.1 Å². The molecule has 0 bridgehead atoms. The van der Waals surface area contributed by atoms with Crippen molar-refractivity contribution < 1.29 is 5.11 Å². The fourth-order valence-corrected chi connectivity index (χ4v) is 3.05. The highest BCUT2D eigenvalue weighted by Gasteiger charge is 2.24. The third kappa shape index (κ3) is 2.83. The van der Waals surface area contributed by atoms with E-state index in [9.17, 15) is 5.11 Å². The second-order valence-corrected chi connectivity index (χ2v) is 6.02. The number of aliphatic hydroxyl groups excluding tert-OH is 1. The van der Waals surface area contributed by atoms with Crippen LogP contribution in [0.2, 0.25) is 0 Å². The van der Waals surface area contributed by atoms with Gasteiger partial charge in [-0.2, -0.15) is 0 Å². The van der Waals surface area contributed by atoms with Gasteiger partial charge < -0.3 is 10.0 Å². The molecular weight excluding hydrogens is 278 g/mol. The smallest absolute Gasteiger partial charge is 0.0702 e. The average Bonchev–Trinajstić information content (AvgIpc) is 2.29. The molecule has 94 valence electrons. The lowest BCUT2D eigenvalue weighted by molar-refractivity contribution is 0.281. The lowest BCUT2D eigenvalue weighted by Crippen LogP contribution is -2.40. The number of halogens is 1. The van der Waals surface area contributed by atoms with Crippen molar-refractivity contribution in [3.05, 3.63) is 28.2 Å². The summed E-state index contributed by atoms with van der Waals surface area (Å²) in [6.45, 7) is 5.80. The molecule has 2 unspecified atom stereocenters. The Balaban J connectivity index is 2.29. The number of hydrogen-bond donors (Lipinski definition) is 1. The van der Waals surface area contributed by atoms with Gasteiger partial charge in [-0.05, 0) is 37.8 Å². The van der Waals surface area contributed by atoms with E-state index in [0.29, 0.717) is 6.04 Å². The molecule has 2 atom stereocenters. The first-order valence-corrected chi connectivity index (χ1v) is 7.07. The lowest BCUT2D eigenvalue weighted by atomic mass is 9.92. The maximum Gasteiger partial charge on any atom is 0.0702 e. The van der Waals surface area contributed by atoms with Gasteiger partial charge in [0, 0.05) is 28.3 Å². The van der Waals surface area contributed by atoms with E-state index < -0.39 is 0 Å². The van der Waals surface area contributed by atoms with Crippen molar-refractivity contribution in [2.24, 2.45) is 5.92 Å². The zero-order chi connectivity index (χ0) is 12.4. The molecular formula is C14H20BrNO. The minimum Gasteiger partial charge on any atom is -0.392 e. The molecule has 0 aliphatic carbocycles.